The topological polar surface area (TPSA) is 83.5 Å². The lowest BCUT2D eigenvalue weighted by Crippen LogP contribution is -2.16. The van der Waals surface area contributed by atoms with Crippen LogP contribution in [0.4, 0.5) is 5.69 Å². The minimum Gasteiger partial charge on any atom is -0.478 e. The largest absolute Gasteiger partial charge is 0.478 e. The lowest BCUT2D eigenvalue weighted by atomic mass is 9.86. The van der Waals surface area contributed by atoms with E-state index in [4.69, 9.17) is 5.11 Å². The summed E-state index contributed by atoms with van der Waals surface area (Å²) in [6.45, 7) is 1.41. The molecule has 1 aliphatic carbocycles. The fraction of sp³-hybridized carbons (Fsp3) is 0.214. The predicted molar refractivity (Wildman–Crippen MR) is 69.1 cm³/mol. The van der Waals surface area contributed by atoms with Crippen LogP contribution < -0.4 is 5.32 Å². The summed E-state index contributed by atoms with van der Waals surface area (Å²) in [7, 11) is 0. The van der Waals surface area contributed by atoms with Crippen LogP contribution in [0.1, 0.15) is 29.3 Å². The molecule has 5 heteroatoms. The second-order valence-electron chi connectivity index (χ2n) is 4.39. The molecule has 0 radical (unpaired) electrons. The summed E-state index contributed by atoms with van der Waals surface area (Å²) in [6.07, 6.45) is 1.96. The number of carbonyl (C=O) groups is 3. The molecule has 1 amide bonds. The molecule has 19 heavy (non-hydrogen) atoms. The van der Waals surface area contributed by atoms with E-state index in [1.165, 1.54) is 6.92 Å². The first kappa shape index (κ1) is 13.0. The van der Waals surface area contributed by atoms with Crippen LogP contribution in [0.3, 0.4) is 0 Å². The molecular weight excluding hydrogens is 246 g/mol. The summed E-state index contributed by atoms with van der Waals surface area (Å²) in [6, 6.07) is 5.02. The molecule has 0 bridgehead atoms. The number of nitrogens with one attached hydrogen (secondary N) is 1. The Hall–Kier alpha value is -2.43. The second-order valence-corrected chi connectivity index (χ2v) is 4.39. The van der Waals surface area contributed by atoms with Crippen molar-refractivity contribution in [1.82, 2.24) is 0 Å². The predicted octanol–water partition coefficient (Wildman–Crippen LogP) is 1.78. The number of ketones is 1. The minimum absolute atomic E-state index is 0.173. The van der Waals surface area contributed by atoms with Gasteiger partial charge in [0.15, 0.2) is 5.78 Å². The van der Waals surface area contributed by atoms with Crippen LogP contribution in [0.15, 0.2) is 29.8 Å². The van der Waals surface area contributed by atoms with Crippen molar-refractivity contribution < 1.29 is 19.5 Å². The molecule has 0 saturated heterocycles. The molecule has 0 aliphatic heterocycles. The van der Waals surface area contributed by atoms with Gasteiger partial charge in [0.05, 0.1) is 0 Å². The number of amides is 1. The Morgan fingerprint density at radius 1 is 1.32 bits per heavy atom. The number of carboxylic acid groups (broad SMARTS) is 1. The maximum absolute atomic E-state index is 12.1. The smallest absolute Gasteiger partial charge is 0.328 e. The Kier molecular flexibility index (Phi) is 3.46. The van der Waals surface area contributed by atoms with E-state index in [9.17, 15) is 14.4 Å². The van der Waals surface area contributed by atoms with Gasteiger partial charge in [-0.05, 0) is 36.6 Å². The highest BCUT2D eigenvalue weighted by Gasteiger charge is 2.22. The normalized spacial score (nSPS) is 16.1. The molecule has 0 saturated carbocycles. The van der Waals surface area contributed by atoms with Gasteiger partial charge in [-0.1, -0.05) is 0 Å². The molecule has 2 rings (SSSR count). The van der Waals surface area contributed by atoms with E-state index in [-0.39, 0.29) is 11.7 Å². The average Bonchev–Trinajstić information content (AvgIpc) is 2.31. The van der Waals surface area contributed by atoms with Gasteiger partial charge in [-0.25, -0.2) is 4.79 Å². The summed E-state index contributed by atoms with van der Waals surface area (Å²) < 4.78 is 0. The molecule has 5 nitrogen and oxygen atoms in total. The number of carbonyl (C=O) groups excluding carboxylic acids is 2. The van der Waals surface area contributed by atoms with Crippen LogP contribution in [0.2, 0.25) is 0 Å². The van der Waals surface area contributed by atoms with Crippen LogP contribution in [0, 0.1) is 0 Å². The average molecular weight is 259 g/mol. The number of allylic oxidation sites excluding steroid dienone is 1. The summed E-state index contributed by atoms with van der Waals surface area (Å²) in [5, 5.41) is 11.4. The Balaban J connectivity index is 2.33. The van der Waals surface area contributed by atoms with Crippen molar-refractivity contribution in [2.24, 2.45) is 0 Å². The number of aryl methyl sites for hydroxylation is 1. The van der Waals surface area contributed by atoms with Crippen molar-refractivity contribution in [3.05, 3.63) is 41.0 Å². The summed E-state index contributed by atoms with van der Waals surface area (Å²) in [5.41, 5.74) is 2.30. The molecule has 1 aromatic rings. The SMILES string of the molecule is CC(=O)Nc1ccc2c(c1)CCC(=CC(=O)O)C2=O. The fourth-order valence-electron chi connectivity index (χ4n) is 2.15. The molecule has 0 heterocycles. The van der Waals surface area contributed by atoms with E-state index in [0.717, 1.165) is 11.6 Å². The number of hydrogen-bond acceptors (Lipinski definition) is 3. The van der Waals surface area contributed by atoms with E-state index < -0.39 is 5.97 Å². The van der Waals surface area contributed by atoms with E-state index in [1.54, 1.807) is 18.2 Å². The van der Waals surface area contributed by atoms with E-state index in [2.05, 4.69) is 5.32 Å². The lowest BCUT2D eigenvalue weighted by Gasteiger charge is -2.18. The first-order valence-corrected chi connectivity index (χ1v) is 5.86. The van der Waals surface area contributed by atoms with Gasteiger partial charge in [-0.2, -0.15) is 0 Å². The number of fused-ring (bicyclic) bond motifs is 1. The van der Waals surface area contributed by atoms with Gasteiger partial charge < -0.3 is 10.4 Å². The van der Waals surface area contributed by atoms with Crippen LogP contribution in [-0.4, -0.2) is 22.8 Å². The maximum Gasteiger partial charge on any atom is 0.328 e. The molecule has 1 aromatic carbocycles. The quantitative estimate of drug-likeness (QED) is 0.793. The van der Waals surface area contributed by atoms with E-state index in [1.807, 2.05) is 0 Å². The molecule has 0 fully saturated rings. The van der Waals surface area contributed by atoms with Gasteiger partial charge >= 0.3 is 5.97 Å². The highest BCUT2D eigenvalue weighted by Crippen LogP contribution is 2.27. The number of anilines is 1. The molecular formula is C14H13NO4. The van der Waals surface area contributed by atoms with Crippen molar-refractivity contribution >= 4 is 23.3 Å². The van der Waals surface area contributed by atoms with Crippen LogP contribution in [0.25, 0.3) is 0 Å². The monoisotopic (exact) mass is 259 g/mol. The second kappa shape index (κ2) is 5.06. The summed E-state index contributed by atoms with van der Waals surface area (Å²) in [5.74, 6) is -1.53. The number of aliphatic carboxylic acids is 1. The Labute approximate surface area is 109 Å². The van der Waals surface area contributed by atoms with E-state index >= 15 is 0 Å². The molecule has 0 unspecified atom stereocenters. The standard InChI is InChI=1S/C14H13NO4/c1-8(16)15-11-4-5-12-9(6-11)2-3-10(14(12)19)7-13(17)18/h4-7H,2-3H2,1H3,(H,15,16)(H,17,18). The van der Waals surface area contributed by atoms with Crippen molar-refractivity contribution in [2.75, 3.05) is 5.32 Å². The zero-order chi connectivity index (χ0) is 14.0. The van der Waals surface area contributed by atoms with Crippen molar-refractivity contribution in [3.8, 4) is 0 Å². The van der Waals surface area contributed by atoms with E-state index in [0.29, 0.717) is 29.7 Å². The van der Waals surface area contributed by atoms with Crippen LogP contribution in [-0.2, 0) is 16.0 Å². The van der Waals surface area contributed by atoms with Gasteiger partial charge in [0, 0.05) is 29.8 Å². The summed E-state index contributed by atoms with van der Waals surface area (Å²) >= 11 is 0. The maximum atomic E-state index is 12.1. The van der Waals surface area contributed by atoms with Crippen LogP contribution >= 0.6 is 0 Å². The number of hydrogen-bond donors (Lipinski definition) is 2. The van der Waals surface area contributed by atoms with Gasteiger partial charge in [0.25, 0.3) is 0 Å². The van der Waals surface area contributed by atoms with Gasteiger partial charge in [0.2, 0.25) is 5.91 Å². The summed E-state index contributed by atoms with van der Waals surface area (Å²) in [4.78, 5) is 33.7. The minimum atomic E-state index is -1.11. The molecule has 0 atom stereocenters. The third kappa shape index (κ3) is 2.88. The molecule has 0 aromatic heterocycles. The van der Waals surface area contributed by atoms with Crippen molar-refractivity contribution in [2.45, 2.75) is 19.8 Å². The van der Waals surface area contributed by atoms with Gasteiger partial charge in [0.1, 0.15) is 0 Å². The Morgan fingerprint density at radius 3 is 2.68 bits per heavy atom. The lowest BCUT2D eigenvalue weighted by molar-refractivity contribution is -0.131. The molecule has 1 aliphatic rings. The zero-order valence-electron chi connectivity index (χ0n) is 10.4. The number of benzene rings is 1. The Morgan fingerprint density at radius 2 is 2.05 bits per heavy atom. The third-order valence-electron chi connectivity index (χ3n) is 2.92. The van der Waals surface area contributed by atoms with Gasteiger partial charge in [-0.15, -0.1) is 0 Å². The zero-order valence-corrected chi connectivity index (χ0v) is 10.4. The Bertz CT molecular complexity index is 601. The highest BCUT2D eigenvalue weighted by molar-refractivity contribution is 6.13. The number of carboxylic acids is 1. The third-order valence-corrected chi connectivity index (χ3v) is 2.92. The first-order chi connectivity index (χ1) is 8.97. The van der Waals surface area contributed by atoms with Crippen LogP contribution in [0.5, 0.6) is 0 Å². The van der Waals surface area contributed by atoms with Gasteiger partial charge in [-0.3, -0.25) is 9.59 Å². The number of rotatable bonds is 2. The first-order valence-electron chi connectivity index (χ1n) is 5.86. The molecule has 0 spiro atoms. The number of Topliss-reactive ketones (excluding diaryl/α,β-unsaturated/α-hetero) is 1. The van der Waals surface area contributed by atoms with Crippen molar-refractivity contribution in [3.63, 3.8) is 0 Å². The highest BCUT2D eigenvalue weighted by atomic mass is 16.4. The molecule has 2 N–H and O–H groups in total. The molecule has 98 valence electrons. The fourth-order valence-corrected chi connectivity index (χ4v) is 2.15. The van der Waals surface area contributed by atoms with Crippen molar-refractivity contribution in [1.29, 1.82) is 0 Å².